The molecule has 0 saturated heterocycles. The Bertz CT molecular complexity index is 354. The number of phenols is 1. The molecule has 1 aliphatic carbocycles. The molecule has 0 aromatic heterocycles. The second-order valence-corrected chi connectivity index (χ2v) is 5.19. The predicted molar refractivity (Wildman–Crippen MR) is 72.6 cm³/mol. The van der Waals surface area contributed by atoms with E-state index in [4.69, 9.17) is 0 Å². The van der Waals surface area contributed by atoms with Crippen molar-refractivity contribution in [2.24, 2.45) is 0 Å². The molecular weight excluding hydrogens is 210 g/mol. The fourth-order valence-electron chi connectivity index (χ4n) is 2.63. The summed E-state index contributed by atoms with van der Waals surface area (Å²) >= 11 is 0. The van der Waals surface area contributed by atoms with Crippen molar-refractivity contribution in [1.82, 2.24) is 0 Å². The van der Waals surface area contributed by atoms with E-state index in [1.165, 1.54) is 50.6 Å². The van der Waals surface area contributed by atoms with Gasteiger partial charge in [0.25, 0.3) is 0 Å². The molecule has 1 aliphatic rings. The molecule has 0 heterocycles. The summed E-state index contributed by atoms with van der Waals surface area (Å²) in [5.41, 5.74) is 2.31. The Balaban J connectivity index is 1.98. The summed E-state index contributed by atoms with van der Waals surface area (Å²) in [4.78, 5) is 0. The highest BCUT2D eigenvalue weighted by Gasteiger charge is 2.11. The lowest BCUT2D eigenvalue weighted by Gasteiger charge is -2.23. The predicted octanol–water partition coefficient (Wildman–Crippen LogP) is 4.23. The van der Waals surface area contributed by atoms with Gasteiger partial charge in [-0.2, -0.15) is 0 Å². The molecule has 1 saturated carbocycles. The van der Waals surface area contributed by atoms with Gasteiger partial charge in [0.2, 0.25) is 0 Å². The summed E-state index contributed by atoms with van der Waals surface area (Å²) in [5.74, 6) is 0.353. The highest BCUT2D eigenvalue weighted by molar-refractivity contribution is 5.53. The molecule has 0 radical (unpaired) electrons. The van der Waals surface area contributed by atoms with Crippen LogP contribution in [0.3, 0.4) is 0 Å². The lowest BCUT2D eigenvalue weighted by Crippen LogP contribution is -2.20. The van der Waals surface area contributed by atoms with E-state index in [0.717, 1.165) is 5.56 Å². The minimum absolute atomic E-state index is 0.353. The van der Waals surface area contributed by atoms with Gasteiger partial charge in [-0.25, -0.2) is 0 Å². The largest absolute Gasteiger partial charge is 0.508 e. The van der Waals surface area contributed by atoms with Gasteiger partial charge in [0.15, 0.2) is 0 Å². The SMILES string of the molecule is Cc1cc(O)ccc1NC1CCCCCCC1. The zero-order valence-corrected chi connectivity index (χ0v) is 10.7. The first kappa shape index (κ1) is 12.3. The van der Waals surface area contributed by atoms with Crippen LogP contribution in [0, 0.1) is 6.92 Å². The molecule has 1 aromatic carbocycles. The maximum absolute atomic E-state index is 9.40. The Labute approximate surface area is 104 Å². The number of nitrogens with one attached hydrogen (secondary N) is 1. The van der Waals surface area contributed by atoms with Crippen molar-refractivity contribution < 1.29 is 5.11 Å². The van der Waals surface area contributed by atoms with Crippen molar-refractivity contribution >= 4 is 5.69 Å². The highest BCUT2D eigenvalue weighted by Crippen LogP contribution is 2.24. The van der Waals surface area contributed by atoms with E-state index < -0.39 is 0 Å². The Morgan fingerprint density at radius 1 is 1.06 bits per heavy atom. The summed E-state index contributed by atoms with van der Waals surface area (Å²) in [6.07, 6.45) is 9.41. The van der Waals surface area contributed by atoms with Gasteiger partial charge in [-0.3, -0.25) is 0 Å². The summed E-state index contributed by atoms with van der Waals surface area (Å²) < 4.78 is 0. The smallest absolute Gasteiger partial charge is 0.115 e. The first-order chi connectivity index (χ1) is 8.25. The average Bonchev–Trinajstić information content (AvgIpc) is 2.25. The van der Waals surface area contributed by atoms with Crippen LogP contribution in [0.2, 0.25) is 0 Å². The van der Waals surface area contributed by atoms with Gasteiger partial charge in [0.1, 0.15) is 5.75 Å². The fourth-order valence-corrected chi connectivity index (χ4v) is 2.63. The molecule has 0 amide bonds. The van der Waals surface area contributed by atoms with Gasteiger partial charge >= 0.3 is 0 Å². The minimum Gasteiger partial charge on any atom is -0.508 e. The summed E-state index contributed by atoms with van der Waals surface area (Å²) in [6.45, 7) is 2.05. The molecule has 2 heteroatoms. The van der Waals surface area contributed by atoms with Gasteiger partial charge in [-0.1, -0.05) is 32.1 Å². The summed E-state index contributed by atoms with van der Waals surface area (Å²) in [7, 11) is 0. The number of benzene rings is 1. The first-order valence-electron chi connectivity index (χ1n) is 6.82. The van der Waals surface area contributed by atoms with Gasteiger partial charge in [-0.15, -0.1) is 0 Å². The second-order valence-electron chi connectivity index (χ2n) is 5.19. The summed E-state index contributed by atoms with van der Waals surface area (Å²) in [6, 6.07) is 6.19. The third kappa shape index (κ3) is 3.65. The average molecular weight is 233 g/mol. The van der Waals surface area contributed by atoms with E-state index in [-0.39, 0.29) is 0 Å². The number of hydrogen-bond acceptors (Lipinski definition) is 2. The molecule has 2 nitrogen and oxygen atoms in total. The van der Waals surface area contributed by atoms with Crippen LogP contribution in [0.1, 0.15) is 50.5 Å². The Hall–Kier alpha value is -1.18. The Morgan fingerprint density at radius 3 is 2.35 bits per heavy atom. The van der Waals surface area contributed by atoms with Crippen LogP contribution in [0.5, 0.6) is 5.75 Å². The van der Waals surface area contributed by atoms with Crippen molar-refractivity contribution in [3.05, 3.63) is 23.8 Å². The van der Waals surface area contributed by atoms with Gasteiger partial charge in [-0.05, 0) is 43.5 Å². The van der Waals surface area contributed by atoms with Crippen LogP contribution in [-0.2, 0) is 0 Å². The van der Waals surface area contributed by atoms with E-state index in [1.807, 2.05) is 19.1 Å². The monoisotopic (exact) mass is 233 g/mol. The van der Waals surface area contributed by atoms with Crippen molar-refractivity contribution in [1.29, 1.82) is 0 Å². The molecule has 1 aromatic rings. The third-order valence-electron chi connectivity index (χ3n) is 3.67. The van der Waals surface area contributed by atoms with Crippen molar-refractivity contribution in [2.75, 3.05) is 5.32 Å². The van der Waals surface area contributed by atoms with E-state index in [1.54, 1.807) is 6.07 Å². The second kappa shape index (κ2) is 5.95. The Morgan fingerprint density at radius 2 is 1.71 bits per heavy atom. The zero-order chi connectivity index (χ0) is 12.1. The van der Waals surface area contributed by atoms with Crippen molar-refractivity contribution in [2.45, 2.75) is 57.9 Å². The molecule has 0 spiro atoms. The van der Waals surface area contributed by atoms with Crippen molar-refractivity contribution in [3.8, 4) is 5.75 Å². The Kier molecular flexibility index (Phi) is 4.29. The number of hydrogen-bond donors (Lipinski definition) is 2. The molecule has 1 fully saturated rings. The molecule has 2 N–H and O–H groups in total. The molecule has 0 atom stereocenters. The lowest BCUT2D eigenvalue weighted by atomic mass is 9.96. The number of aryl methyl sites for hydroxylation is 1. The molecule has 0 aliphatic heterocycles. The molecule has 0 bridgehead atoms. The van der Waals surface area contributed by atoms with Gasteiger partial charge in [0.05, 0.1) is 0 Å². The normalized spacial score (nSPS) is 18.4. The number of rotatable bonds is 2. The highest BCUT2D eigenvalue weighted by atomic mass is 16.3. The first-order valence-corrected chi connectivity index (χ1v) is 6.82. The molecule has 2 rings (SSSR count). The van der Waals surface area contributed by atoms with E-state index in [0.29, 0.717) is 11.8 Å². The molecule has 17 heavy (non-hydrogen) atoms. The zero-order valence-electron chi connectivity index (χ0n) is 10.7. The number of anilines is 1. The maximum atomic E-state index is 9.40. The molecule has 0 unspecified atom stereocenters. The lowest BCUT2D eigenvalue weighted by molar-refractivity contribution is 0.469. The van der Waals surface area contributed by atoms with E-state index >= 15 is 0 Å². The third-order valence-corrected chi connectivity index (χ3v) is 3.67. The number of aromatic hydroxyl groups is 1. The van der Waals surface area contributed by atoms with Gasteiger partial charge < -0.3 is 10.4 Å². The summed E-state index contributed by atoms with van der Waals surface area (Å²) in [5, 5.41) is 13.0. The molecule has 94 valence electrons. The minimum atomic E-state index is 0.353. The van der Waals surface area contributed by atoms with Crippen LogP contribution < -0.4 is 5.32 Å². The quantitative estimate of drug-likeness (QED) is 0.749. The van der Waals surface area contributed by atoms with Crippen molar-refractivity contribution in [3.63, 3.8) is 0 Å². The molecular formula is C15H23NO. The van der Waals surface area contributed by atoms with Crippen LogP contribution in [-0.4, -0.2) is 11.1 Å². The number of phenolic OH excluding ortho intramolecular Hbond substituents is 1. The van der Waals surface area contributed by atoms with E-state index in [2.05, 4.69) is 5.32 Å². The standard InChI is InChI=1S/C15H23NO/c1-12-11-14(17)9-10-15(12)16-13-7-5-3-2-4-6-8-13/h9-11,13,16-17H,2-8H2,1H3. The fraction of sp³-hybridized carbons (Fsp3) is 0.600. The van der Waals surface area contributed by atoms with Crippen LogP contribution >= 0.6 is 0 Å². The van der Waals surface area contributed by atoms with Crippen LogP contribution in [0.15, 0.2) is 18.2 Å². The maximum Gasteiger partial charge on any atom is 0.115 e. The van der Waals surface area contributed by atoms with Gasteiger partial charge in [0, 0.05) is 11.7 Å². The van der Waals surface area contributed by atoms with E-state index in [9.17, 15) is 5.11 Å². The topological polar surface area (TPSA) is 32.3 Å². The van der Waals surface area contributed by atoms with Crippen LogP contribution in [0.25, 0.3) is 0 Å². The van der Waals surface area contributed by atoms with Crippen LogP contribution in [0.4, 0.5) is 5.69 Å².